The monoisotopic (exact) mass is 191 g/mol. The molecule has 0 fully saturated rings. The molecule has 3 heteroatoms. The predicted molar refractivity (Wildman–Crippen MR) is 54.9 cm³/mol. The Balaban J connectivity index is 2.49. The van der Waals surface area contributed by atoms with Crippen molar-refractivity contribution in [1.82, 2.24) is 0 Å². The van der Waals surface area contributed by atoms with E-state index in [9.17, 15) is 4.79 Å². The fourth-order valence-corrected chi connectivity index (χ4v) is 1.99. The lowest BCUT2D eigenvalue weighted by Gasteiger charge is -2.06. The van der Waals surface area contributed by atoms with E-state index in [0.29, 0.717) is 11.5 Å². The van der Waals surface area contributed by atoms with Crippen molar-refractivity contribution in [3.05, 3.63) is 29.3 Å². The zero-order chi connectivity index (χ0) is 10.1. The molecule has 14 heavy (non-hydrogen) atoms. The normalized spacial score (nSPS) is 18.8. The highest BCUT2D eigenvalue weighted by Crippen LogP contribution is 2.35. The van der Waals surface area contributed by atoms with Crippen LogP contribution in [0.3, 0.4) is 0 Å². The minimum absolute atomic E-state index is 0.387. The van der Waals surface area contributed by atoms with Crippen LogP contribution in [0.4, 0.5) is 5.69 Å². The molecule has 0 aliphatic carbocycles. The third-order valence-electron chi connectivity index (χ3n) is 2.78. The molecule has 0 spiro atoms. The molecule has 0 aromatic heterocycles. The fourth-order valence-electron chi connectivity index (χ4n) is 1.99. The SMILES string of the molecule is CC[C@@H]1CNc2c(C(=O)O)cccc21. The molecule has 0 saturated heterocycles. The molecule has 1 aliphatic heterocycles. The molecule has 0 bridgehead atoms. The zero-order valence-electron chi connectivity index (χ0n) is 8.08. The summed E-state index contributed by atoms with van der Waals surface area (Å²) in [5, 5.41) is 12.1. The molecule has 0 amide bonds. The lowest BCUT2D eigenvalue weighted by atomic mass is 9.97. The number of hydrogen-bond donors (Lipinski definition) is 2. The molecule has 74 valence electrons. The minimum atomic E-state index is -0.855. The number of benzene rings is 1. The van der Waals surface area contributed by atoms with E-state index < -0.39 is 5.97 Å². The number of para-hydroxylation sites is 1. The maximum absolute atomic E-state index is 10.9. The summed E-state index contributed by atoms with van der Waals surface area (Å²) in [7, 11) is 0. The number of aromatic carboxylic acids is 1. The van der Waals surface area contributed by atoms with E-state index in [1.807, 2.05) is 12.1 Å². The van der Waals surface area contributed by atoms with Crippen LogP contribution in [0.5, 0.6) is 0 Å². The number of nitrogens with one attached hydrogen (secondary N) is 1. The zero-order valence-corrected chi connectivity index (χ0v) is 8.08. The van der Waals surface area contributed by atoms with Crippen molar-refractivity contribution in [3.8, 4) is 0 Å². The summed E-state index contributed by atoms with van der Waals surface area (Å²) in [6, 6.07) is 5.47. The van der Waals surface area contributed by atoms with Crippen LogP contribution in [-0.2, 0) is 0 Å². The van der Waals surface area contributed by atoms with Gasteiger partial charge in [0, 0.05) is 12.5 Å². The van der Waals surface area contributed by atoms with Gasteiger partial charge in [-0.15, -0.1) is 0 Å². The van der Waals surface area contributed by atoms with E-state index in [1.54, 1.807) is 6.07 Å². The number of fused-ring (bicyclic) bond motifs is 1. The second kappa shape index (κ2) is 3.33. The summed E-state index contributed by atoms with van der Waals surface area (Å²) in [5.74, 6) is -0.393. The maximum Gasteiger partial charge on any atom is 0.337 e. The van der Waals surface area contributed by atoms with Gasteiger partial charge in [0.1, 0.15) is 0 Å². The van der Waals surface area contributed by atoms with Gasteiger partial charge in [0.2, 0.25) is 0 Å². The van der Waals surface area contributed by atoms with Crippen LogP contribution < -0.4 is 5.32 Å². The molecular weight excluding hydrogens is 178 g/mol. The van der Waals surface area contributed by atoms with Gasteiger partial charge in [0.25, 0.3) is 0 Å². The van der Waals surface area contributed by atoms with Crippen molar-refractivity contribution in [2.45, 2.75) is 19.3 Å². The van der Waals surface area contributed by atoms with Crippen molar-refractivity contribution >= 4 is 11.7 Å². The van der Waals surface area contributed by atoms with Crippen LogP contribution in [0, 0.1) is 0 Å². The number of carboxylic acids is 1. The highest BCUT2D eigenvalue weighted by atomic mass is 16.4. The Morgan fingerprint density at radius 1 is 1.64 bits per heavy atom. The molecule has 1 aromatic rings. The van der Waals surface area contributed by atoms with Gasteiger partial charge in [-0.2, -0.15) is 0 Å². The van der Waals surface area contributed by atoms with Crippen molar-refractivity contribution in [2.24, 2.45) is 0 Å². The maximum atomic E-state index is 10.9. The average molecular weight is 191 g/mol. The number of carboxylic acid groups (broad SMARTS) is 1. The first-order valence-electron chi connectivity index (χ1n) is 4.84. The van der Waals surface area contributed by atoms with E-state index in [-0.39, 0.29) is 0 Å². The number of rotatable bonds is 2. The highest BCUT2D eigenvalue weighted by molar-refractivity contribution is 5.95. The van der Waals surface area contributed by atoms with Gasteiger partial charge in [-0.3, -0.25) is 0 Å². The second-order valence-electron chi connectivity index (χ2n) is 3.56. The van der Waals surface area contributed by atoms with Crippen LogP contribution in [0.1, 0.15) is 35.2 Å². The first-order valence-corrected chi connectivity index (χ1v) is 4.84. The third kappa shape index (κ3) is 1.25. The molecule has 2 N–H and O–H groups in total. The molecule has 3 nitrogen and oxygen atoms in total. The lowest BCUT2D eigenvalue weighted by molar-refractivity contribution is 0.0698. The molecule has 0 radical (unpaired) electrons. The second-order valence-corrected chi connectivity index (χ2v) is 3.56. The van der Waals surface area contributed by atoms with E-state index >= 15 is 0 Å². The molecule has 1 heterocycles. The van der Waals surface area contributed by atoms with Gasteiger partial charge in [0.05, 0.1) is 11.3 Å². The molecule has 1 aromatic carbocycles. The lowest BCUT2D eigenvalue weighted by Crippen LogP contribution is -2.02. The Morgan fingerprint density at radius 3 is 3.07 bits per heavy atom. The summed E-state index contributed by atoms with van der Waals surface area (Å²) >= 11 is 0. The smallest absolute Gasteiger partial charge is 0.337 e. The Morgan fingerprint density at radius 2 is 2.43 bits per heavy atom. The van der Waals surface area contributed by atoms with Crippen LogP contribution in [0.2, 0.25) is 0 Å². The summed E-state index contributed by atoms with van der Waals surface area (Å²) < 4.78 is 0. The van der Waals surface area contributed by atoms with Gasteiger partial charge in [0.15, 0.2) is 0 Å². The Bertz CT molecular complexity index is 374. The van der Waals surface area contributed by atoms with Gasteiger partial charge in [-0.25, -0.2) is 4.79 Å². The van der Waals surface area contributed by atoms with Crippen LogP contribution >= 0.6 is 0 Å². The summed E-state index contributed by atoms with van der Waals surface area (Å²) in [4.78, 5) is 10.9. The van der Waals surface area contributed by atoms with Crippen LogP contribution in [-0.4, -0.2) is 17.6 Å². The third-order valence-corrected chi connectivity index (χ3v) is 2.78. The van der Waals surface area contributed by atoms with E-state index in [0.717, 1.165) is 24.2 Å². The summed E-state index contributed by atoms with van der Waals surface area (Å²) in [6.45, 7) is 2.98. The molecule has 1 aliphatic rings. The molecule has 0 saturated carbocycles. The van der Waals surface area contributed by atoms with Crippen LogP contribution in [0.25, 0.3) is 0 Å². The predicted octanol–water partition coefficient (Wildman–Crippen LogP) is 2.30. The summed E-state index contributed by atoms with van der Waals surface area (Å²) in [5.41, 5.74) is 2.35. The Kier molecular flexibility index (Phi) is 2.15. The minimum Gasteiger partial charge on any atom is -0.478 e. The van der Waals surface area contributed by atoms with Crippen molar-refractivity contribution in [2.75, 3.05) is 11.9 Å². The quantitative estimate of drug-likeness (QED) is 0.754. The highest BCUT2D eigenvalue weighted by Gasteiger charge is 2.24. The van der Waals surface area contributed by atoms with E-state index in [1.165, 1.54) is 0 Å². The summed E-state index contributed by atoms with van der Waals surface area (Å²) in [6.07, 6.45) is 1.04. The largest absolute Gasteiger partial charge is 0.478 e. The first-order chi connectivity index (χ1) is 6.74. The standard InChI is InChI=1S/C11H13NO2/c1-2-7-6-12-10-8(7)4-3-5-9(10)11(13)14/h3-5,7,12H,2,6H2,1H3,(H,13,14)/t7-/m1/s1. The van der Waals surface area contributed by atoms with E-state index in [2.05, 4.69) is 12.2 Å². The first kappa shape index (κ1) is 9.06. The van der Waals surface area contributed by atoms with Gasteiger partial charge < -0.3 is 10.4 Å². The average Bonchev–Trinajstić information content (AvgIpc) is 2.59. The molecule has 0 unspecified atom stereocenters. The number of carbonyl (C=O) groups is 1. The molecule has 2 rings (SSSR count). The Labute approximate surface area is 82.8 Å². The fraction of sp³-hybridized carbons (Fsp3) is 0.364. The van der Waals surface area contributed by atoms with E-state index in [4.69, 9.17) is 5.11 Å². The molecule has 1 atom stereocenters. The van der Waals surface area contributed by atoms with Gasteiger partial charge in [-0.1, -0.05) is 19.1 Å². The molecular formula is C11H13NO2. The van der Waals surface area contributed by atoms with Crippen molar-refractivity contribution < 1.29 is 9.90 Å². The van der Waals surface area contributed by atoms with Crippen molar-refractivity contribution in [3.63, 3.8) is 0 Å². The Hall–Kier alpha value is -1.51. The number of hydrogen-bond acceptors (Lipinski definition) is 2. The van der Waals surface area contributed by atoms with Gasteiger partial charge in [-0.05, 0) is 18.1 Å². The van der Waals surface area contributed by atoms with Crippen LogP contribution in [0.15, 0.2) is 18.2 Å². The van der Waals surface area contributed by atoms with Gasteiger partial charge >= 0.3 is 5.97 Å². The van der Waals surface area contributed by atoms with Crippen molar-refractivity contribution in [1.29, 1.82) is 0 Å². The number of anilines is 1. The topological polar surface area (TPSA) is 49.3 Å².